The van der Waals surface area contributed by atoms with Gasteiger partial charge in [-0.25, -0.2) is 0 Å². The summed E-state index contributed by atoms with van der Waals surface area (Å²) in [5.74, 6) is -1.08. The maximum atomic E-state index is 13.4. The van der Waals surface area contributed by atoms with Crippen molar-refractivity contribution in [3.05, 3.63) is 111 Å². The van der Waals surface area contributed by atoms with Gasteiger partial charge in [0.05, 0.1) is 11.6 Å². The van der Waals surface area contributed by atoms with Crippen molar-refractivity contribution in [1.82, 2.24) is 10.2 Å². The molecule has 186 valence electrons. The lowest BCUT2D eigenvalue weighted by Crippen LogP contribution is -2.29. The number of ketones is 1. The van der Waals surface area contributed by atoms with Crippen LogP contribution in [0.15, 0.2) is 82.7 Å². The average Bonchev–Trinajstić information content (AvgIpc) is 3.46. The van der Waals surface area contributed by atoms with E-state index < -0.39 is 17.7 Å². The molecule has 0 spiro atoms. The van der Waals surface area contributed by atoms with Crippen LogP contribution in [0.3, 0.4) is 0 Å². The summed E-state index contributed by atoms with van der Waals surface area (Å²) in [5.41, 5.74) is 3.93. The van der Waals surface area contributed by atoms with Crippen molar-refractivity contribution >= 4 is 57.3 Å². The van der Waals surface area contributed by atoms with Crippen molar-refractivity contribution in [3.63, 3.8) is 0 Å². The Labute approximate surface area is 227 Å². The molecule has 1 fully saturated rings. The summed E-state index contributed by atoms with van der Waals surface area (Å²) in [7, 11) is 0. The Hall–Kier alpha value is -3.46. The molecule has 0 aliphatic carbocycles. The van der Waals surface area contributed by atoms with Crippen molar-refractivity contribution < 1.29 is 14.7 Å². The number of Topliss-reactive ketones (excluding diaryl/α,β-unsaturated/α-hetero) is 1. The summed E-state index contributed by atoms with van der Waals surface area (Å²) in [6.45, 7) is 3.75. The summed E-state index contributed by atoms with van der Waals surface area (Å²) >= 11 is 9.02. The van der Waals surface area contributed by atoms with Crippen molar-refractivity contribution in [3.8, 4) is 0 Å². The van der Waals surface area contributed by atoms with E-state index in [-0.39, 0.29) is 16.5 Å². The van der Waals surface area contributed by atoms with E-state index in [0.717, 1.165) is 16.7 Å². The Bertz CT molecular complexity index is 1530. The van der Waals surface area contributed by atoms with Gasteiger partial charge >= 0.3 is 5.91 Å². The highest BCUT2D eigenvalue weighted by molar-refractivity contribution is 8.00. The predicted octanol–water partition coefficient (Wildman–Crippen LogP) is 6.73. The number of carbonyl (C=O) groups is 2. The number of hydrogen-bond donors (Lipinski definition) is 1. The number of aryl methyl sites for hydroxylation is 2. The topological polar surface area (TPSA) is 83.4 Å². The smallest absolute Gasteiger partial charge is 0.301 e. The molecule has 1 amide bonds. The quantitative estimate of drug-likeness (QED) is 0.0947. The Morgan fingerprint density at radius 3 is 2.57 bits per heavy atom. The molecule has 1 unspecified atom stereocenters. The molecule has 4 aromatic rings. The minimum atomic E-state index is -0.904. The zero-order valence-corrected chi connectivity index (χ0v) is 22.4. The fourth-order valence-electron chi connectivity index (χ4n) is 4.24. The summed E-state index contributed by atoms with van der Waals surface area (Å²) in [4.78, 5) is 28.1. The van der Waals surface area contributed by atoms with Gasteiger partial charge < -0.3 is 5.11 Å². The van der Waals surface area contributed by atoms with Gasteiger partial charge in [0.1, 0.15) is 5.76 Å². The first-order valence-corrected chi connectivity index (χ1v) is 13.7. The van der Waals surface area contributed by atoms with Gasteiger partial charge in [-0.2, -0.15) is 0 Å². The Morgan fingerprint density at radius 1 is 1.03 bits per heavy atom. The van der Waals surface area contributed by atoms with Crippen LogP contribution in [0.25, 0.3) is 5.76 Å². The van der Waals surface area contributed by atoms with Crippen LogP contribution in [0, 0.1) is 13.8 Å². The number of benzene rings is 3. The molecule has 37 heavy (non-hydrogen) atoms. The standard InChI is InChI=1S/C28H22ClN3O3S2/c1-16-11-12-17(2)21(13-16)24(33)22-23(19-9-6-10-20(29)14-19)32(26(35)25(22)34)27-30-31-28(37-27)36-15-18-7-4-3-5-8-18/h3-14,23,33H,15H2,1-2H3/b24-22+. The molecule has 3 aromatic carbocycles. The van der Waals surface area contributed by atoms with Gasteiger partial charge in [-0.15, -0.1) is 10.2 Å². The second kappa shape index (κ2) is 10.5. The molecule has 1 atom stereocenters. The number of nitrogens with zero attached hydrogens (tertiary/aromatic N) is 3. The number of carbonyl (C=O) groups excluding carboxylic acids is 2. The second-order valence-electron chi connectivity index (χ2n) is 8.67. The predicted molar refractivity (Wildman–Crippen MR) is 148 cm³/mol. The molecule has 6 nitrogen and oxygen atoms in total. The molecule has 0 bridgehead atoms. The number of aliphatic hydroxyl groups is 1. The highest BCUT2D eigenvalue weighted by Gasteiger charge is 2.48. The van der Waals surface area contributed by atoms with E-state index in [2.05, 4.69) is 10.2 Å². The van der Waals surface area contributed by atoms with Gasteiger partial charge in [0.2, 0.25) is 5.13 Å². The third-order valence-electron chi connectivity index (χ3n) is 6.06. The summed E-state index contributed by atoms with van der Waals surface area (Å²) in [6, 6.07) is 21.6. The first-order valence-electron chi connectivity index (χ1n) is 11.5. The van der Waals surface area contributed by atoms with Gasteiger partial charge in [0, 0.05) is 16.3 Å². The van der Waals surface area contributed by atoms with E-state index in [1.54, 1.807) is 30.3 Å². The summed E-state index contributed by atoms with van der Waals surface area (Å²) in [6.07, 6.45) is 0. The highest BCUT2D eigenvalue weighted by Crippen LogP contribution is 2.44. The lowest BCUT2D eigenvalue weighted by atomic mass is 9.93. The first kappa shape index (κ1) is 25.2. The van der Waals surface area contributed by atoms with Crippen LogP contribution in [0.2, 0.25) is 5.02 Å². The molecule has 0 radical (unpaired) electrons. The average molecular weight is 548 g/mol. The lowest BCUT2D eigenvalue weighted by molar-refractivity contribution is -0.132. The van der Waals surface area contributed by atoms with Crippen LogP contribution in [-0.2, 0) is 15.3 Å². The number of aliphatic hydroxyl groups excluding tert-OH is 1. The van der Waals surface area contributed by atoms with Crippen LogP contribution in [0.5, 0.6) is 0 Å². The van der Waals surface area contributed by atoms with Crippen molar-refractivity contribution in [2.45, 2.75) is 30.0 Å². The number of amides is 1. The Kier molecular flexibility index (Phi) is 7.15. The third-order valence-corrected chi connectivity index (χ3v) is 8.43. The monoisotopic (exact) mass is 547 g/mol. The van der Waals surface area contributed by atoms with Crippen LogP contribution >= 0.6 is 34.7 Å². The van der Waals surface area contributed by atoms with Gasteiger partial charge in [-0.3, -0.25) is 14.5 Å². The molecule has 5 rings (SSSR count). The van der Waals surface area contributed by atoms with Crippen molar-refractivity contribution in [2.75, 3.05) is 4.90 Å². The molecule has 1 saturated heterocycles. The second-order valence-corrected chi connectivity index (χ2v) is 11.3. The van der Waals surface area contributed by atoms with Crippen LogP contribution in [-0.4, -0.2) is 27.0 Å². The van der Waals surface area contributed by atoms with Crippen LogP contribution in [0.4, 0.5) is 5.13 Å². The SMILES string of the molecule is Cc1ccc(C)c(/C(O)=C2\C(=O)C(=O)N(c3nnc(SCc4ccccc4)s3)C2c2cccc(Cl)c2)c1. The summed E-state index contributed by atoms with van der Waals surface area (Å²) < 4.78 is 0.667. The maximum absolute atomic E-state index is 13.4. The van der Waals surface area contributed by atoms with Gasteiger partial charge in [-0.1, -0.05) is 94.9 Å². The fourth-order valence-corrected chi connectivity index (χ4v) is 6.26. The van der Waals surface area contributed by atoms with E-state index in [1.165, 1.54) is 28.0 Å². The van der Waals surface area contributed by atoms with Gasteiger partial charge in [0.15, 0.2) is 4.34 Å². The number of hydrogen-bond acceptors (Lipinski definition) is 7. The zero-order valence-electron chi connectivity index (χ0n) is 20.0. The largest absolute Gasteiger partial charge is 0.507 e. The van der Waals surface area contributed by atoms with Crippen LogP contribution < -0.4 is 4.90 Å². The molecule has 1 aliphatic rings. The number of halogens is 1. The van der Waals surface area contributed by atoms with Crippen LogP contribution in [0.1, 0.15) is 33.9 Å². The van der Waals surface area contributed by atoms with Gasteiger partial charge in [-0.05, 0) is 48.7 Å². The fraction of sp³-hybridized carbons (Fsp3) is 0.143. The highest BCUT2D eigenvalue weighted by atomic mass is 35.5. The molecule has 9 heteroatoms. The van der Waals surface area contributed by atoms with Crippen molar-refractivity contribution in [1.29, 1.82) is 0 Å². The zero-order chi connectivity index (χ0) is 26.1. The first-order chi connectivity index (χ1) is 17.8. The minimum absolute atomic E-state index is 0.00495. The molecule has 0 saturated carbocycles. The number of thioether (sulfide) groups is 1. The maximum Gasteiger partial charge on any atom is 0.301 e. The third kappa shape index (κ3) is 5.05. The molecule has 2 heterocycles. The minimum Gasteiger partial charge on any atom is -0.507 e. The number of aromatic nitrogens is 2. The van der Waals surface area contributed by atoms with Gasteiger partial charge in [0.25, 0.3) is 5.78 Å². The molecule has 1 aromatic heterocycles. The summed E-state index contributed by atoms with van der Waals surface area (Å²) in [5, 5.41) is 20.6. The number of anilines is 1. The van der Waals surface area contributed by atoms with E-state index in [4.69, 9.17) is 11.6 Å². The number of rotatable bonds is 6. The molecular formula is C28H22ClN3O3S2. The molecule has 1 aliphatic heterocycles. The lowest BCUT2D eigenvalue weighted by Gasteiger charge is -2.23. The Morgan fingerprint density at radius 2 is 1.81 bits per heavy atom. The molecule has 1 N–H and O–H groups in total. The van der Waals surface area contributed by atoms with Crippen molar-refractivity contribution in [2.24, 2.45) is 0 Å². The van der Waals surface area contributed by atoms with E-state index in [0.29, 0.717) is 26.2 Å². The Balaban J connectivity index is 1.58. The van der Waals surface area contributed by atoms with E-state index in [1.807, 2.05) is 56.3 Å². The van der Waals surface area contributed by atoms with E-state index >= 15 is 0 Å². The molecular weight excluding hydrogens is 526 g/mol. The van der Waals surface area contributed by atoms with E-state index in [9.17, 15) is 14.7 Å². The normalized spacial score (nSPS) is 16.9.